The van der Waals surface area contributed by atoms with E-state index in [0.717, 1.165) is 11.3 Å². The van der Waals surface area contributed by atoms with Crippen molar-refractivity contribution in [2.75, 3.05) is 7.11 Å². The number of aliphatic carboxylic acids is 1. The number of nitrogens with zero attached hydrogens (tertiary/aromatic N) is 2. The number of oxime groups is 1. The Kier molecular flexibility index (Phi) is 5.53. The van der Waals surface area contributed by atoms with Gasteiger partial charge in [-0.05, 0) is 25.0 Å². The number of carbonyl (C=O) groups is 1. The fraction of sp³-hybridized carbons (Fsp3) is 0.294. The third-order valence-corrected chi connectivity index (χ3v) is 4.03. The molecule has 0 fully saturated rings. The van der Waals surface area contributed by atoms with Crippen molar-refractivity contribution in [1.29, 1.82) is 0 Å². The summed E-state index contributed by atoms with van der Waals surface area (Å²) in [5.74, 6) is -1.68. The van der Waals surface area contributed by atoms with Gasteiger partial charge in [0, 0.05) is 42.1 Å². The first kappa shape index (κ1) is 18.2. The first-order valence-corrected chi connectivity index (χ1v) is 7.56. The van der Waals surface area contributed by atoms with Gasteiger partial charge in [-0.15, -0.1) is 0 Å². The standard InChI is InChI=1S/C17H19N3O5/c1-10-14(7-8-18-25-3)16(15(17(21)22)11(2)19-10)12-5-4-6-13(9-12)20(23)24/h4-6,8-9,16,19H,7H2,1-3H3,(H,21,22). The molecule has 1 aromatic rings. The quantitative estimate of drug-likeness (QED) is 0.465. The van der Waals surface area contributed by atoms with Crippen LogP contribution in [0.3, 0.4) is 0 Å². The number of allylic oxidation sites excluding steroid dienone is 3. The average Bonchev–Trinajstić information content (AvgIpc) is 2.56. The van der Waals surface area contributed by atoms with Crippen LogP contribution in [0.4, 0.5) is 5.69 Å². The van der Waals surface area contributed by atoms with Crippen molar-refractivity contribution < 1.29 is 19.7 Å². The number of carboxylic acid groups (broad SMARTS) is 1. The van der Waals surface area contributed by atoms with Crippen LogP contribution in [0, 0.1) is 10.1 Å². The molecule has 1 aliphatic heterocycles. The predicted molar refractivity (Wildman–Crippen MR) is 92.1 cm³/mol. The zero-order valence-electron chi connectivity index (χ0n) is 14.1. The highest BCUT2D eigenvalue weighted by Gasteiger charge is 2.33. The van der Waals surface area contributed by atoms with Crippen molar-refractivity contribution in [1.82, 2.24) is 5.32 Å². The summed E-state index contributed by atoms with van der Waals surface area (Å²) in [5, 5.41) is 27.5. The van der Waals surface area contributed by atoms with Gasteiger partial charge in [-0.1, -0.05) is 17.3 Å². The minimum absolute atomic E-state index is 0.0824. The van der Waals surface area contributed by atoms with E-state index in [1.165, 1.54) is 25.5 Å². The highest BCUT2D eigenvalue weighted by molar-refractivity contribution is 5.91. The molecule has 1 unspecified atom stereocenters. The molecule has 2 N–H and O–H groups in total. The van der Waals surface area contributed by atoms with Crippen LogP contribution < -0.4 is 5.32 Å². The van der Waals surface area contributed by atoms with Crippen LogP contribution in [-0.2, 0) is 9.63 Å². The van der Waals surface area contributed by atoms with Crippen molar-refractivity contribution in [2.45, 2.75) is 26.2 Å². The largest absolute Gasteiger partial charge is 0.478 e. The first-order chi connectivity index (χ1) is 11.9. The molecule has 0 saturated carbocycles. The van der Waals surface area contributed by atoms with E-state index in [2.05, 4.69) is 15.3 Å². The van der Waals surface area contributed by atoms with Crippen LogP contribution in [0.25, 0.3) is 0 Å². The molecule has 0 saturated heterocycles. The lowest BCUT2D eigenvalue weighted by Gasteiger charge is -2.30. The summed E-state index contributed by atoms with van der Waals surface area (Å²) in [6, 6.07) is 6.04. The second-order valence-corrected chi connectivity index (χ2v) is 5.58. The first-order valence-electron chi connectivity index (χ1n) is 7.56. The summed E-state index contributed by atoms with van der Waals surface area (Å²) >= 11 is 0. The van der Waals surface area contributed by atoms with Gasteiger partial charge < -0.3 is 15.3 Å². The van der Waals surface area contributed by atoms with Gasteiger partial charge in [-0.3, -0.25) is 10.1 Å². The second-order valence-electron chi connectivity index (χ2n) is 5.58. The number of rotatable bonds is 6. The number of benzene rings is 1. The van der Waals surface area contributed by atoms with Crippen LogP contribution in [0.15, 0.2) is 52.0 Å². The Labute approximate surface area is 144 Å². The van der Waals surface area contributed by atoms with E-state index >= 15 is 0 Å². The number of carboxylic acids is 1. The van der Waals surface area contributed by atoms with E-state index in [9.17, 15) is 20.0 Å². The number of dihydropyridines is 1. The van der Waals surface area contributed by atoms with Crippen LogP contribution >= 0.6 is 0 Å². The molecule has 8 heteroatoms. The summed E-state index contributed by atoms with van der Waals surface area (Å²) in [6.45, 7) is 3.51. The molecule has 0 spiro atoms. The molecule has 1 aromatic carbocycles. The minimum Gasteiger partial charge on any atom is -0.478 e. The maximum absolute atomic E-state index is 11.8. The molecular formula is C17H19N3O5. The van der Waals surface area contributed by atoms with Gasteiger partial charge in [0.2, 0.25) is 0 Å². The lowest BCUT2D eigenvalue weighted by Crippen LogP contribution is -2.28. The van der Waals surface area contributed by atoms with Crippen LogP contribution in [0.1, 0.15) is 31.7 Å². The molecular weight excluding hydrogens is 326 g/mol. The van der Waals surface area contributed by atoms with Gasteiger partial charge >= 0.3 is 5.97 Å². The Morgan fingerprint density at radius 1 is 1.44 bits per heavy atom. The van der Waals surface area contributed by atoms with Gasteiger partial charge in [0.25, 0.3) is 5.69 Å². The summed E-state index contributed by atoms with van der Waals surface area (Å²) in [6.07, 6.45) is 1.88. The number of hydrogen-bond acceptors (Lipinski definition) is 6. The lowest BCUT2D eigenvalue weighted by molar-refractivity contribution is -0.384. The highest BCUT2D eigenvalue weighted by Crippen LogP contribution is 2.40. The molecule has 1 aliphatic rings. The van der Waals surface area contributed by atoms with Crippen LogP contribution in [0.2, 0.25) is 0 Å². The predicted octanol–water partition coefficient (Wildman–Crippen LogP) is 2.94. The Hall–Kier alpha value is -3.16. The lowest BCUT2D eigenvalue weighted by atomic mass is 9.79. The van der Waals surface area contributed by atoms with E-state index in [-0.39, 0.29) is 11.3 Å². The van der Waals surface area contributed by atoms with E-state index in [0.29, 0.717) is 17.7 Å². The fourth-order valence-corrected chi connectivity index (χ4v) is 2.99. The minimum atomic E-state index is -1.07. The van der Waals surface area contributed by atoms with Crippen molar-refractivity contribution in [3.63, 3.8) is 0 Å². The number of nitro benzene ring substituents is 1. The third kappa shape index (κ3) is 3.85. The molecule has 8 nitrogen and oxygen atoms in total. The number of non-ortho nitro benzene ring substituents is 1. The summed E-state index contributed by atoms with van der Waals surface area (Å²) in [5.41, 5.74) is 2.69. The van der Waals surface area contributed by atoms with E-state index in [4.69, 9.17) is 0 Å². The SMILES string of the molecule is CON=CCC1=C(C)NC(C)=C(C(=O)O)C1c1cccc([N+](=O)[O-])c1. The van der Waals surface area contributed by atoms with Gasteiger partial charge in [-0.2, -0.15) is 0 Å². The van der Waals surface area contributed by atoms with Gasteiger partial charge in [0.15, 0.2) is 0 Å². The van der Waals surface area contributed by atoms with Gasteiger partial charge in [0.1, 0.15) is 7.11 Å². The Balaban J connectivity index is 2.60. The molecule has 2 rings (SSSR count). The topological polar surface area (TPSA) is 114 Å². The van der Waals surface area contributed by atoms with E-state index in [1.54, 1.807) is 19.1 Å². The normalized spacial score (nSPS) is 17.6. The number of nitrogens with one attached hydrogen (secondary N) is 1. The fourth-order valence-electron chi connectivity index (χ4n) is 2.99. The number of nitro groups is 1. The Morgan fingerprint density at radius 3 is 2.76 bits per heavy atom. The van der Waals surface area contributed by atoms with Crippen molar-refractivity contribution in [2.24, 2.45) is 5.16 Å². The van der Waals surface area contributed by atoms with Gasteiger partial charge in [0.05, 0.1) is 10.5 Å². The molecule has 0 amide bonds. The van der Waals surface area contributed by atoms with E-state index < -0.39 is 16.8 Å². The van der Waals surface area contributed by atoms with Crippen LogP contribution in [0.5, 0.6) is 0 Å². The summed E-state index contributed by atoms with van der Waals surface area (Å²) < 4.78 is 0. The molecule has 0 radical (unpaired) electrons. The van der Waals surface area contributed by atoms with Gasteiger partial charge in [-0.25, -0.2) is 4.79 Å². The molecule has 0 aliphatic carbocycles. The molecule has 1 heterocycles. The zero-order chi connectivity index (χ0) is 18.6. The Bertz CT molecular complexity index is 795. The Morgan fingerprint density at radius 2 is 2.16 bits per heavy atom. The molecule has 25 heavy (non-hydrogen) atoms. The maximum atomic E-state index is 11.8. The zero-order valence-corrected chi connectivity index (χ0v) is 14.1. The van der Waals surface area contributed by atoms with Crippen molar-refractivity contribution in [3.05, 3.63) is 62.5 Å². The summed E-state index contributed by atoms with van der Waals surface area (Å²) in [7, 11) is 1.42. The maximum Gasteiger partial charge on any atom is 0.334 e. The smallest absolute Gasteiger partial charge is 0.334 e. The molecule has 0 aromatic heterocycles. The molecule has 1 atom stereocenters. The monoisotopic (exact) mass is 345 g/mol. The summed E-state index contributed by atoms with van der Waals surface area (Å²) in [4.78, 5) is 27.1. The average molecular weight is 345 g/mol. The van der Waals surface area contributed by atoms with Crippen LogP contribution in [-0.4, -0.2) is 29.3 Å². The molecule has 0 bridgehead atoms. The number of hydrogen-bond donors (Lipinski definition) is 2. The third-order valence-electron chi connectivity index (χ3n) is 4.03. The van der Waals surface area contributed by atoms with Crippen molar-refractivity contribution >= 4 is 17.9 Å². The molecule has 132 valence electrons. The highest BCUT2D eigenvalue weighted by atomic mass is 16.6. The van der Waals surface area contributed by atoms with E-state index in [1.807, 2.05) is 6.92 Å². The second kappa shape index (κ2) is 7.61. The van der Waals surface area contributed by atoms with Crippen molar-refractivity contribution in [3.8, 4) is 0 Å².